The first kappa shape index (κ1) is 35.3. The number of amides is 2. The molecule has 1 aromatic heterocycles. The van der Waals surface area contributed by atoms with Crippen molar-refractivity contribution in [2.45, 2.75) is 63.5 Å². The maximum atomic E-state index is 13.7. The number of aromatic amines is 1. The Labute approximate surface area is 294 Å². The maximum absolute atomic E-state index is 13.7. The molecule has 51 heavy (non-hydrogen) atoms. The number of carbonyl (C=O) groups is 3. The van der Waals surface area contributed by atoms with E-state index in [-0.39, 0.29) is 60.2 Å². The number of β-lactam (4-membered cyclic amide) rings is 1. The van der Waals surface area contributed by atoms with Gasteiger partial charge < -0.3 is 29.4 Å². The summed E-state index contributed by atoms with van der Waals surface area (Å²) >= 11 is 1.33. The van der Waals surface area contributed by atoms with Crippen LogP contribution in [0.15, 0.2) is 76.3 Å². The van der Waals surface area contributed by atoms with Crippen LogP contribution in [0, 0.1) is 32.1 Å². The van der Waals surface area contributed by atoms with E-state index >= 15 is 0 Å². The highest BCUT2D eigenvalue weighted by Gasteiger charge is 2.60. The number of nitro groups is 2. The first-order valence-electron chi connectivity index (χ1n) is 16.1. The monoisotopic (exact) mass is 722 g/mol. The van der Waals surface area contributed by atoms with Crippen LogP contribution >= 0.6 is 11.8 Å². The molecule has 4 heterocycles. The number of aliphatic hydroxyl groups is 1. The SMILES string of the molecule is C[C@@H](O)[C@H]1C(=O)N2C(C(=O)OCc3ccc([N+](=O)[O-])cc3)=C(S[C@H]3C[C@@H](Cn4cc[nH]c4=O)N(C(=O)OCc4ccc([N+](=O)[O-])cc4)C3)[C@H](C)[C@H]12. The fourth-order valence-corrected chi connectivity index (χ4v) is 8.36. The Morgan fingerprint density at radius 3 is 2.12 bits per heavy atom. The van der Waals surface area contributed by atoms with Crippen LogP contribution in [0.25, 0.3) is 0 Å². The number of benzene rings is 2. The summed E-state index contributed by atoms with van der Waals surface area (Å²) in [6, 6.07) is 10.2. The number of hydrogen-bond acceptors (Lipinski definition) is 12. The quantitative estimate of drug-likeness (QED) is 0.119. The predicted octanol–water partition coefficient (Wildman–Crippen LogP) is 3.32. The summed E-state index contributed by atoms with van der Waals surface area (Å²) in [6.07, 6.45) is 1.83. The number of rotatable bonds is 12. The second-order valence-electron chi connectivity index (χ2n) is 12.6. The van der Waals surface area contributed by atoms with Crippen molar-refractivity contribution in [1.29, 1.82) is 0 Å². The molecule has 2 saturated heterocycles. The van der Waals surface area contributed by atoms with E-state index in [4.69, 9.17) is 9.47 Å². The second kappa shape index (κ2) is 14.4. The van der Waals surface area contributed by atoms with Gasteiger partial charge in [-0.05, 0) is 48.7 Å². The third-order valence-corrected chi connectivity index (χ3v) is 10.9. The highest BCUT2D eigenvalue weighted by molar-refractivity contribution is 8.03. The fourth-order valence-electron chi connectivity index (χ4n) is 6.80. The van der Waals surface area contributed by atoms with E-state index in [1.807, 2.05) is 6.92 Å². The molecule has 0 unspecified atom stereocenters. The van der Waals surface area contributed by atoms with Crippen LogP contribution in [-0.4, -0.2) is 82.3 Å². The molecule has 0 spiro atoms. The number of nitrogens with one attached hydrogen (secondary N) is 1. The molecule has 6 rings (SSSR count). The van der Waals surface area contributed by atoms with Crippen molar-refractivity contribution in [3.05, 3.63) is 113 Å². The number of esters is 1. The zero-order valence-corrected chi connectivity index (χ0v) is 28.3. The number of imidazole rings is 1. The van der Waals surface area contributed by atoms with Gasteiger partial charge in [-0.15, -0.1) is 11.8 Å². The highest BCUT2D eigenvalue weighted by atomic mass is 32.2. The van der Waals surface area contributed by atoms with Gasteiger partial charge in [0, 0.05) is 65.8 Å². The van der Waals surface area contributed by atoms with E-state index in [0.29, 0.717) is 22.5 Å². The van der Waals surface area contributed by atoms with Crippen LogP contribution in [-0.2, 0) is 38.8 Å². The van der Waals surface area contributed by atoms with E-state index in [2.05, 4.69) is 4.98 Å². The van der Waals surface area contributed by atoms with Gasteiger partial charge in [0.1, 0.15) is 18.9 Å². The van der Waals surface area contributed by atoms with Crippen LogP contribution < -0.4 is 5.69 Å². The lowest BCUT2D eigenvalue weighted by Crippen LogP contribution is -2.63. The van der Waals surface area contributed by atoms with Gasteiger partial charge in [-0.2, -0.15) is 0 Å². The molecule has 2 fully saturated rings. The van der Waals surface area contributed by atoms with Gasteiger partial charge in [0.15, 0.2) is 0 Å². The molecule has 268 valence electrons. The number of fused-ring (bicyclic) bond motifs is 1. The minimum absolute atomic E-state index is 0.0545. The number of carbonyl (C=O) groups excluding carboxylic acids is 3. The number of hydrogen-bond donors (Lipinski definition) is 2. The van der Waals surface area contributed by atoms with Gasteiger partial charge in [-0.25, -0.2) is 14.4 Å². The summed E-state index contributed by atoms with van der Waals surface area (Å²) < 4.78 is 12.6. The first-order chi connectivity index (χ1) is 24.3. The maximum Gasteiger partial charge on any atom is 0.410 e. The Morgan fingerprint density at radius 1 is 1.00 bits per heavy atom. The van der Waals surface area contributed by atoms with E-state index in [0.717, 1.165) is 0 Å². The molecule has 0 saturated carbocycles. The van der Waals surface area contributed by atoms with Crippen LogP contribution in [0.1, 0.15) is 31.4 Å². The Balaban J connectivity index is 1.22. The minimum atomic E-state index is -0.959. The van der Waals surface area contributed by atoms with E-state index < -0.39 is 51.9 Å². The van der Waals surface area contributed by atoms with Crippen molar-refractivity contribution in [2.75, 3.05) is 6.54 Å². The van der Waals surface area contributed by atoms with Crippen LogP contribution in [0.5, 0.6) is 0 Å². The summed E-state index contributed by atoms with van der Waals surface area (Å²) in [4.78, 5) is 79.8. The Morgan fingerprint density at radius 2 is 1.59 bits per heavy atom. The van der Waals surface area contributed by atoms with Gasteiger partial charge in [0.25, 0.3) is 11.4 Å². The summed E-state index contributed by atoms with van der Waals surface area (Å²) in [7, 11) is 0. The number of ether oxygens (including phenoxy) is 2. The molecule has 2 aromatic carbocycles. The Hall–Kier alpha value is -5.49. The van der Waals surface area contributed by atoms with Crippen LogP contribution in [0.3, 0.4) is 0 Å². The standard InChI is InChI=1S/C33H34N6O11S/c1-18-27-26(19(2)40)30(41)37(27)28(31(42)49-16-20-3-7-22(8-4-20)38(45)46)29(18)51-25-13-24(14-35-12-11-34-32(35)43)36(15-25)33(44)50-17-21-5-9-23(10-6-21)39(47)48/h3-12,18-19,24-27,40H,13-17H2,1-2H3,(H,34,43)/t18-,19-,24+,25+,26-,27-/m1/s1. The number of non-ortho nitro benzene ring substituents is 2. The number of likely N-dealkylation sites (tertiary alicyclic amines) is 1. The highest BCUT2D eigenvalue weighted by Crippen LogP contribution is 2.52. The van der Waals surface area contributed by atoms with E-state index in [9.17, 15) is 44.5 Å². The normalized spacial score (nSPS) is 23.1. The van der Waals surface area contributed by atoms with Crippen LogP contribution in [0.4, 0.5) is 16.2 Å². The first-order valence-corrected chi connectivity index (χ1v) is 16.9. The molecule has 2 N–H and O–H groups in total. The average Bonchev–Trinajstić information content (AvgIpc) is 3.77. The minimum Gasteiger partial charge on any atom is -0.456 e. The molecule has 0 bridgehead atoms. The van der Waals surface area contributed by atoms with Crippen molar-refractivity contribution >= 4 is 41.1 Å². The van der Waals surface area contributed by atoms with Crippen LogP contribution in [0.2, 0.25) is 0 Å². The molecule has 17 nitrogen and oxygen atoms in total. The lowest BCUT2D eigenvalue weighted by atomic mass is 9.79. The molecule has 3 aliphatic rings. The number of thioether (sulfide) groups is 1. The van der Waals surface area contributed by atoms with Crippen molar-refractivity contribution in [2.24, 2.45) is 11.8 Å². The molecule has 2 amide bonds. The third kappa shape index (κ3) is 7.09. The second-order valence-corrected chi connectivity index (χ2v) is 14.0. The molecule has 6 atom stereocenters. The van der Waals surface area contributed by atoms with Crippen molar-refractivity contribution in [1.82, 2.24) is 19.4 Å². The molecular formula is C33H34N6O11S. The summed E-state index contributed by atoms with van der Waals surface area (Å²) in [6.45, 7) is 3.36. The van der Waals surface area contributed by atoms with Crippen molar-refractivity contribution in [3.63, 3.8) is 0 Å². The lowest BCUT2D eigenvalue weighted by molar-refractivity contribution is -0.385. The molecule has 0 radical (unpaired) electrons. The number of aliphatic hydroxyl groups excluding tert-OH is 1. The average molecular weight is 723 g/mol. The summed E-state index contributed by atoms with van der Waals surface area (Å²) in [5.41, 5.74) is 0.528. The van der Waals surface area contributed by atoms with Gasteiger partial charge in [0.2, 0.25) is 5.91 Å². The molecular weight excluding hydrogens is 688 g/mol. The van der Waals surface area contributed by atoms with Crippen molar-refractivity contribution in [3.8, 4) is 0 Å². The predicted molar refractivity (Wildman–Crippen MR) is 180 cm³/mol. The van der Waals surface area contributed by atoms with Gasteiger partial charge in [-0.3, -0.25) is 29.6 Å². The number of H-pyrrole nitrogens is 1. The van der Waals surface area contributed by atoms with Gasteiger partial charge >= 0.3 is 17.8 Å². The van der Waals surface area contributed by atoms with E-state index in [1.165, 1.54) is 87.8 Å². The van der Waals surface area contributed by atoms with Gasteiger partial charge in [0.05, 0.1) is 34.0 Å². The zero-order valence-electron chi connectivity index (χ0n) is 27.4. The largest absolute Gasteiger partial charge is 0.456 e. The van der Waals surface area contributed by atoms with Crippen molar-refractivity contribution < 1.29 is 38.8 Å². The molecule has 18 heteroatoms. The number of nitrogens with zero attached hydrogens (tertiary/aromatic N) is 5. The molecule has 3 aromatic rings. The topological polar surface area (TPSA) is 220 Å². The lowest BCUT2D eigenvalue weighted by Gasteiger charge is -2.46. The fraction of sp³-hybridized carbons (Fsp3) is 0.394. The zero-order chi connectivity index (χ0) is 36.6. The Bertz CT molecular complexity index is 1940. The Kier molecular flexibility index (Phi) is 9.97. The third-order valence-electron chi connectivity index (χ3n) is 9.36. The summed E-state index contributed by atoms with van der Waals surface area (Å²) in [5.74, 6) is -2.26. The number of aromatic nitrogens is 2. The summed E-state index contributed by atoms with van der Waals surface area (Å²) in [5, 5.41) is 32.1. The van der Waals surface area contributed by atoms with E-state index in [1.54, 1.807) is 6.20 Å². The van der Waals surface area contributed by atoms with Gasteiger partial charge in [-0.1, -0.05) is 6.92 Å². The number of nitro benzene ring substituents is 2. The molecule has 3 aliphatic heterocycles. The molecule has 0 aliphatic carbocycles. The smallest absolute Gasteiger partial charge is 0.410 e.